The molecule has 2 heterocycles. The van der Waals surface area contributed by atoms with Gasteiger partial charge in [-0.15, -0.1) is 0 Å². The molecule has 0 spiro atoms. The van der Waals surface area contributed by atoms with E-state index in [1.165, 1.54) is 0 Å². The van der Waals surface area contributed by atoms with Crippen molar-refractivity contribution in [3.05, 3.63) is 59.9 Å². The van der Waals surface area contributed by atoms with E-state index in [4.69, 9.17) is 15.2 Å². The molecule has 3 rings (SSSR count). The van der Waals surface area contributed by atoms with Crippen LogP contribution in [0.2, 0.25) is 0 Å². The quantitative estimate of drug-likeness (QED) is 0.780. The number of pyridine rings is 1. The van der Waals surface area contributed by atoms with Gasteiger partial charge in [-0.1, -0.05) is 30.3 Å². The van der Waals surface area contributed by atoms with Crippen LogP contribution in [0.4, 0.5) is 0 Å². The Morgan fingerprint density at radius 2 is 2.07 bits per heavy atom. The molecule has 1 amide bonds. The van der Waals surface area contributed by atoms with E-state index in [1.807, 2.05) is 49.3 Å². The SMILES string of the molecule is CN(C)C[C@@H]1OCCN(C(=O)c2ncccc2OCCN)[C@H]1c1ccccc1. The molecule has 1 saturated heterocycles. The van der Waals surface area contributed by atoms with Crippen LogP contribution in [0, 0.1) is 0 Å². The largest absolute Gasteiger partial charge is 0.490 e. The zero-order chi connectivity index (χ0) is 19.9. The van der Waals surface area contributed by atoms with E-state index in [-0.39, 0.29) is 18.1 Å². The molecule has 7 heteroatoms. The fraction of sp³-hybridized carbons (Fsp3) is 0.429. The Kier molecular flexibility index (Phi) is 6.97. The minimum atomic E-state index is -0.200. The van der Waals surface area contributed by atoms with Crippen molar-refractivity contribution in [2.75, 3.05) is 46.9 Å². The average molecular weight is 384 g/mol. The molecule has 150 valence electrons. The molecule has 0 aliphatic carbocycles. The van der Waals surface area contributed by atoms with Crippen LogP contribution in [0.15, 0.2) is 48.7 Å². The predicted molar refractivity (Wildman–Crippen MR) is 107 cm³/mol. The van der Waals surface area contributed by atoms with E-state index >= 15 is 0 Å². The smallest absolute Gasteiger partial charge is 0.276 e. The van der Waals surface area contributed by atoms with Crippen molar-refractivity contribution in [3.63, 3.8) is 0 Å². The number of ether oxygens (including phenoxy) is 2. The molecular formula is C21H28N4O3. The van der Waals surface area contributed by atoms with Gasteiger partial charge in [0, 0.05) is 25.8 Å². The first kappa shape index (κ1) is 20.3. The van der Waals surface area contributed by atoms with Gasteiger partial charge in [-0.3, -0.25) is 4.79 Å². The van der Waals surface area contributed by atoms with Gasteiger partial charge < -0.3 is 25.0 Å². The molecule has 1 aliphatic heterocycles. The van der Waals surface area contributed by atoms with Crippen molar-refractivity contribution < 1.29 is 14.3 Å². The monoisotopic (exact) mass is 384 g/mol. The number of hydrogen-bond donors (Lipinski definition) is 1. The van der Waals surface area contributed by atoms with Crippen LogP contribution < -0.4 is 10.5 Å². The summed E-state index contributed by atoms with van der Waals surface area (Å²) < 4.78 is 11.7. The summed E-state index contributed by atoms with van der Waals surface area (Å²) in [6.07, 6.45) is 1.48. The molecule has 0 radical (unpaired) electrons. The van der Waals surface area contributed by atoms with Crippen molar-refractivity contribution in [1.29, 1.82) is 0 Å². The van der Waals surface area contributed by atoms with Crippen LogP contribution in [0.3, 0.4) is 0 Å². The van der Waals surface area contributed by atoms with Crippen LogP contribution in [0.25, 0.3) is 0 Å². The van der Waals surface area contributed by atoms with E-state index in [1.54, 1.807) is 18.3 Å². The number of carbonyl (C=O) groups excluding carboxylic acids is 1. The van der Waals surface area contributed by atoms with Crippen molar-refractivity contribution in [1.82, 2.24) is 14.8 Å². The third kappa shape index (κ3) is 4.67. The summed E-state index contributed by atoms with van der Waals surface area (Å²) in [5.74, 6) is 0.300. The number of nitrogens with two attached hydrogens (primary N) is 1. The summed E-state index contributed by atoms with van der Waals surface area (Å²) in [6, 6.07) is 13.3. The second-order valence-electron chi connectivity index (χ2n) is 7.01. The van der Waals surface area contributed by atoms with Crippen LogP contribution >= 0.6 is 0 Å². The molecule has 1 aliphatic rings. The number of carbonyl (C=O) groups is 1. The van der Waals surface area contributed by atoms with Crippen LogP contribution in [-0.2, 0) is 4.74 Å². The first-order valence-corrected chi connectivity index (χ1v) is 9.52. The summed E-state index contributed by atoms with van der Waals surface area (Å²) in [4.78, 5) is 21.7. The Hall–Kier alpha value is -2.48. The Morgan fingerprint density at radius 1 is 1.29 bits per heavy atom. The predicted octanol–water partition coefficient (Wildman–Crippen LogP) is 1.56. The van der Waals surface area contributed by atoms with Gasteiger partial charge >= 0.3 is 0 Å². The molecule has 1 aromatic heterocycles. The molecule has 0 saturated carbocycles. The average Bonchev–Trinajstić information content (AvgIpc) is 2.72. The number of benzene rings is 1. The lowest BCUT2D eigenvalue weighted by molar-refractivity contribution is -0.0686. The second-order valence-corrected chi connectivity index (χ2v) is 7.01. The fourth-order valence-electron chi connectivity index (χ4n) is 3.49. The number of hydrogen-bond acceptors (Lipinski definition) is 6. The van der Waals surface area contributed by atoms with Gasteiger partial charge in [0.15, 0.2) is 11.4 Å². The number of likely N-dealkylation sites (N-methyl/N-ethyl adjacent to an activating group) is 1. The summed E-state index contributed by atoms with van der Waals surface area (Å²) in [5.41, 5.74) is 6.90. The Morgan fingerprint density at radius 3 is 2.79 bits per heavy atom. The lowest BCUT2D eigenvalue weighted by Crippen LogP contribution is -2.51. The van der Waals surface area contributed by atoms with Crippen molar-refractivity contribution in [2.24, 2.45) is 5.73 Å². The molecule has 2 atom stereocenters. The standard InChI is InChI=1S/C21H28N4O3/c1-24(2)15-18-20(16-7-4-3-5-8-16)25(12-14-28-18)21(26)19-17(27-13-10-22)9-6-11-23-19/h3-9,11,18,20H,10,12-15,22H2,1-2H3/t18-,20-/m0/s1. The van der Waals surface area contributed by atoms with Crippen molar-refractivity contribution in [3.8, 4) is 5.75 Å². The second kappa shape index (κ2) is 9.64. The zero-order valence-corrected chi connectivity index (χ0v) is 16.5. The van der Waals surface area contributed by atoms with Gasteiger partial charge in [0.05, 0.1) is 18.8 Å². The van der Waals surface area contributed by atoms with Crippen molar-refractivity contribution in [2.45, 2.75) is 12.1 Å². The molecule has 2 N–H and O–H groups in total. The van der Waals surface area contributed by atoms with Gasteiger partial charge in [0.25, 0.3) is 5.91 Å². The van der Waals surface area contributed by atoms with Gasteiger partial charge in [-0.05, 0) is 31.8 Å². The lowest BCUT2D eigenvalue weighted by atomic mass is 9.97. The highest BCUT2D eigenvalue weighted by Crippen LogP contribution is 2.32. The number of rotatable bonds is 7. The van der Waals surface area contributed by atoms with Gasteiger partial charge in [0.1, 0.15) is 6.61 Å². The van der Waals surface area contributed by atoms with Gasteiger partial charge in [-0.2, -0.15) is 0 Å². The maximum atomic E-state index is 13.5. The maximum absolute atomic E-state index is 13.5. The Balaban J connectivity index is 1.95. The number of morpholine rings is 1. The highest BCUT2D eigenvalue weighted by Gasteiger charge is 2.38. The topological polar surface area (TPSA) is 80.9 Å². The van der Waals surface area contributed by atoms with Gasteiger partial charge in [-0.25, -0.2) is 4.98 Å². The summed E-state index contributed by atoms with van der Waals surface area (Å²) in [6.45, 7) is 2.40. The van der Waals surface area contributed by atoms with Crippen LogP contribution in [0.5, 0.6) is 5.75 Å². The molecule has 1 aromatic carbocycles. The molecule has 1 fully saturated rings. The van der Waals surface area contributed by atoms with E-state index < -0.39 is 0 Å². The van der Waals surface area contributed by atoms with E-state index in [0.717, 1.165) is 5.56 Å². The summed E-state index contributed by atoms with van der Waals surface area (Å²) >= 11 is 0. The fourth-order valence-corrected chi connectivity index (χ4v) is 3.49. The molecule has 28 heavy (non-hydrogen) atoms. The first-order chi connectivity index (χ1) is 13.6. The maximum Gasteiger partial charge on any atom is 0.276 e. The normalized spacial score (nSPS) is 19.6. The molecular weight excluding hydrogens is 356 g/mol. The Bertz CT molecular complexity index is 769. The van der Waals surface area contributed by atoms with Crippen LogP contribution in [0.1, 0.15) is 22.1 Å². The van der Waals surface area contributed by atoms with E-state index in [0.29, 0.717) is 44.3 Å². The first-order valence-electron chi connectivity index (χ1n) is 9.52. The molecule has 0 bridgehead atoms. The highest BCUT2D eigenvalue weighted by atomic mass is 16.5. The highest BCUT2D eigenvalue weighted by molar-refractivity contribution is 5.95. The van der Waals surface area contributed by atoms with Crippen LogP contribution in [-0.4, -0.2) is 73.7 Å². The number of aromatic nitrogens is 1. The molecule has 2 aromatic rings. The summed E-state index contributed by atoms with van der Waals surface area (Å²) in [7, 11) is 4.01. The Labute approximate surface area is 166 Å². The van der Waals surface area contributed by atoms with Gasteiger partial charge in [0.2, 0.25) is 0 Å². The number of amides is 1. The third-order valence-corrected chi connectivity index (χ3v) is 4.65. The minimum absolute atomic E-state index is 0.132. The molecule has 0 unspecified atom stereocenters. The zero-order valence-electron chi connectivity index (χ0n) is 16.5. The van der Waals surface area contributed by atoms with Crippen molar-refractivity contribution >= 4 is 5.91 Å². The lowest BCUT2D eigenvalue weighted by Gasteiger charge is -2.42. The third-order valence-electron chi connectivity index (χ3n) is 4.65. The van der Waals surface area contributed by atoms with E-state index in [9.17, 15) is 4.79 Å². The molecule has 7 nitrogen and oxygen atoms in total. The minimum Gasteiger partial charge on any atom is -0.490 e. The number of nitrogens with zero attached hydrogens (tertiary/aromatic N) is 3. The van der Waals surface area contributed by atoms with E-state index in [2.05, 4.69) is 9.88 Å². The summed E-state index contributed by atoms with van der Waals surface area (Å²) in [5, 5.41) is 0.